The number of thiazole rings is 1. The number of benzene rings is 1. The van der Waals surface area contributed by atoms with Gasteiger partial charge in [0.15, 0.2) is 10.8 Å². The van der Waals surface area contributed by atoms with E-state index in [1.807, 2.05) is 16.8 Å². The van der Waals surface area contributed by atoms with Crippen molar-refractivity contribution in [1.82, 2.24) is 24.7 Å². The van der Waals surface area contributed by atoms with Crippen LogP contribution in [0.3, 0.4) is 0 Å². The molecule has 0 aliphatic rings. The van der Waals surface area contributed by atoms with Gasteiger partial charge in [0.05, 0.1) is 22.2 Å². The van der Waals surface area contributed by atoms with E-state index in [1.54, 1.807) is 0 Å². The number of nitrogens with one attached hydrogen (secondary N) is 1. The van der Waals surface area contributed by atoms with E-state index in [9.17, 15) is 0 Å². The fourth-order valence-corrected chi connectivity index (χ4v) is 3.80. The van der Waals surface area contributed by atoms with Crippen LogP contribution in [0.25, 0.3) is 32.5 Å². The zero-order valence-corrected chi connectivity index (χ0v) is 15.3. The summed E-state index contributed by atoms with van der Waals surface area (Å²) in [5.74, 6) is 0.423. The number of aliphatic hydroxyl groups excluding tert-OH is 1. The molecule has 3 heterocycles. The summed E-state index contributed by atoms with van der Waals surface area (Å²) in [4.78, 5) is 13.0. The molecule has 3 aromatic heterocycles. The van der Waals surface area contributed by atoms with Gasteiger partial charge in [-0.2, -0.15) is 5.10 Å². The van der Waals surface area contributed by atoms with Gasteiger partial charge in [-0.25, -0.2) is 19.6 Å². The number of hydrogen-bond acceptors (Lipinski definition) is 8. The first kappa shape index (κ1) is 16.7. The Balaban J connectivity index is 1.87. The Hall–Kier alpha value is -2.78. The summed E-state index contributed by atoms with van der Waals surface area (Å²) in [5, 5.41) is 18.4. The summed E-state index contributed by atoms with van der Waals surface area (Å²) in [7, 11) is 0. The van der Waals surface area contributed by atoms with Gasteiger partial charge in [-0.05, 0) is 26.0 Å². The summed E-state index contributed by atoms with van der Waals surface area (Å²) < 4.78 is 2.90. The number of nitrogen functional groups attached to an aromatic ring is 1. The molecule has 8 nitrogen and oxygen atoms in total. The van der Waals surface area contributed by atoms with Crippen molar-refractivity contribution in [2.75, 3.05) is 24.2 Å². The fourth-order valence-electron chi connectivity index (χ4n) is 2.87. The third kappa shape index (κ3) is 2.74. The van der Waals surface area contributed by atoms with Gasteiger partial charge in [-0.15, -0.1) is 0 Å². The van der Waals surface area contributed by atoms with E-state index in [2.05, 4.69) is 40.2 Å². The third-order valence-electron chi connectivity index (χ3n) is 4.06. The predicted octanol–water partition coefficient (Wildman–Crippen LogP) is 2.67. The summed E-state index contributed by atoms with van der Waals surface area (Å²) >= 11 is 1.54. The number of nitrogens with two attached hydrogens (primary N) is 1. The van der Waals surface area contributed by atoms with Crippen LogP contribution in [0.2, 0.25) is 0 Å². The molecule has 9 heteroatoms. The van der Waals surface area contributed by atoms with Gasteiger partial charge in [0.1, 0.15) is 17.8 Å². The molecule has 4 rings (SSSR count). The van der Waals surface area contributed by atoms with Gasteiger partial charge in [-0.1, -0.05) is 17.4 Å². The molecular weight excluding hydrogens is 350 g/mol. The van der Waals surface area contributed by atoms with Crippen molar-refractivity contribution in [3.63, 3.8) is 0 Å². The number of nitrogens with zero attached hydrogens (tertiary/aromatic N) is 5. The molecule has 0 fully saturated rings. The highest BCUT2D eigenvalue weighted by atomic mass is 32.1. The van der Waals surface area contributed by atoms with Crippen LogP contribution in [-0.2, 0) is 0 Å². The molecule has 26 heavy (non-hydrogen) atoms. The number of rotatable bonds is 5. The lowest BCUT2D eigenvalue weighted by molar-refractivity contribution is 0.311. The highest BCUT2D eigenvalue weighted by molar-refractivity contribution is 7.22. The predicted molar refractivity (Wildman–Crippen MR) is 104 cm³/mol. The smallest absolute Gasteiger partial charge is 0.183 e. The molecule has 0 unspecified atom stereocenters. The molecule has 134 valence electrons. The van der Waals surface area contributed by atoms with Crippen LogP contribution in [0, 0.1) is 0 Å². The number of aliphatic hydroxyl groups is 1. The summed E-state index contributed by atoms with van der Waals surface area (Å²) in [6, 6.07) is 6.15. The standard InChI is InChI=1S/C17H19N7OS/c1-9(2)24-16-13(15(18)20-8-21-16)14(23-24)10-3-4-11-12(7-10)26-17(22-11)19-5-6-25/h3-4,7-9,25H,5-6H2,1-2H3,(H,19,22)(H2,18,20,21). The highest BCUT2D eigenvalue weighted by Crippen LogP contribution is 2.35. The molecule has 0 aliphatic carbocycles. The number of fused-ring (bicyclic) bond motifs is 2. The SMILES string of the molecule is CC(C)n1nc(-c2ccc3nc(NCCO)sc3c2)c2c(N)ncnc21. The lowest BCUT2D eigenvalue weighted by Gasteiger charge is -2.05. The third-order valence-corrected chi connectivity index (χ3v) is 5.03. The number of aromatic nitrogens is 5. The second-order valence-corrected chi connectivity index (χ2v) is 7.23. The maximum atomic E-state index is 8.95. The average Bonchev–Trinajstić information content (AvgIpc) is 3.21. The Morgan fingerprint density at radius 2 is 2.15 bits per heavy atom. The van der Waals surface area contributed by atoms with E-state index < -0.39 is 0 Å². The maximum Gasteiger partial charge on any atom is 0.183 e. The zero-order valence-electron chi connectivity index (χ0n) is 14.5. The zero-order chi connectivity index (χ0) is 18.3. The minimum atomic E-state index is 0.0685. The van der Waals surface area contributed by atoms with Crippen molar-refractivity contribution in [3.8, 4) is 11.3 Å². The monoisotopic (exact) mass is 369 g/mol. The van der Waals surface area contributed by atoms with Crippen LogP contribution >= 0.6 is 11.3 Å². The molecule has 0 saturated carbocycles. The van der Waals surface area contributed by atoms with Gasteiger partial charge in [0.25, 0.3) is 0 Å². The van der Waals surface area contributed by atoms with Gasteiger partial charge in [0.2, 0.25) is 0 Å². The van der Waals surface area contributed by atoms with E-state index >= 15 is 0 Å². The first-order valence-electron chi connectivity index (χ1n) is 8.33. The van der Waals surface area contributed by atoms with Gasteiger partial charge in [0, 0.05) is 18.2 Å². The highest BCUT2D eigenvalue weighted by Gasteiger charge is 2.19. The molecule has 0 spiro atoms. The first-order valence-corrected chi connectivity index (χ1v) is 9.14. The van der Waals surface area contributed by atoms with Gasteiger partial charge >= 0.3 is 0 Å². The molecule has 0 aliphatic heterocycles. The lowest BCUT2D eigenvalue weighted by Crippen LogP contribution is -2.04. The molecular formula is C17H19N7OS. The van der Waals surface area contributed by atoms with Crippen molar-refractivity contribution in [2.24, 2.45) is 0 Å². The van der Waals surface area contributed by atoms with Crippen molar-refractivity contribution in [1.29, 1.82) is 0 Å². The summed E-state index contributed by atoms with van der Waals surface area (Å²) in [6.07, 6.45) is 1.47. The van der Waals surface area contributed by atoms with E-state index in [0.29, 0.717) is 12.4 Å². The van der Waals surface area contributed by atoms with E-state index in [4.69, 9.17) is 15.9 Å². The Bertz CT molecular complexity index is 1090. The largest absolute Gasteiger partial charge is 0.395 e. The quantitative estimate of drug-likeness (QED) is 0.495. The van der Waals surface area contributed by atoms with Gasteiger partial charge < -0.3 is 16.2 Å². The molecule has 0 bridgehead atoms. The van der Waals surface area contributed by atoms with Crippen molar-refractivity contribution in [3.05, 3.63) is 24.5 Å². The fraction of sp³-hybridized carbons (Fsp3) is 0.294. The Kier molecular flexibility index (Phi) is 4.17. The minimum absolute atomic E-state index is 0.0685. The van der Waals surface area contributed by atoms with E-state index in [-0.39, 0.29) is 12.6 Å². The van der Waals surface area contributed by atoms with Crippen molar-refractivity contribution >= 4 is 43.5 Å². The number of hydrogen-bond donors (Lipinski definition) is 3. The van der Waals surface area contributed by atoms with Crippen molar-refractivity contribution in [2.45, 2.75) is 19.9 Å². The van der Waals surface area contributed by atoms with Crippen LogP contribution in [0.4, 0.5) is 10.9 Å². The molecule has 0 amide bonds. The Labute approximate surface area is 153 Å². The Morgan fingerprint density at radius 3 is 2.92 bits per heavy atom. The van der Waals surface area contributed by atoms with Crippen LogP contribution in [-0.4, -0.2) is 43.0 Å². The lowest BCUT2D eigenvalue weighted by atomic mass is 10.1. The van der Waals surface area contributed by atoms with Crippen LogP contribution < -0.4 is 11.1 Å². The number of anilines is 2. The van der Waals surface area contributed by atoms with Crippen LogP contribution in [0.15, 0.2) is 24.5 Å². The molecule has 0 radical (unpaired) electrons. The molecule has 0 atom stereocenters. The minimum Gasteiger partial charge on any atom is -0.395 e. The maximum absolute atomic E-state index is 8.95. The second-order valence-electron chi connectivity index (χ2n) is 6.20. The topological polar surface area (TPSA) is 115 Å². The normalized spacial score (nSPS) is 11.7. The first-order chi connectivity index (χ1) is 12.6. The average molecular weight is 369 g/mol. The Morgan fingerprint density at radius 1 is 1.31 bits per heavy atom. The van der Waals surface area contributed by atoms with Crippen LogP contribution in [0.5, 0.6) is 0 Å². The second kappa shape index (κ2) is 6.50. The summed E-state index contributed by atoms with van der Waals surface area (Å²) in [6.45, 7) is 4.66. The molecule has 4 N–H and O–H groups in total. The molecule has 4 aromatic rings. The van der Waals surface area contributed by atoms with Gasteiger partial charge in [-0.3, -0.25) is 0 Å². The summed E-state index contributed by atoms with van der Waals surface area (Å²) in [5.41, 5.74) is 9.48. The van der Waals surface area contributed by atoms with E-state index in [0.717, 1.165) is 37.6 Å². The van der Waals surface area contributed by atoms with Crippen LogP contribution in [0.1, 0.15) is 19.9 Å². The van der Waals surface area contributed by atoms with Crippen molar-refractivity contribution < 1.29 is 5.11 Å². The van der Waals surface area contributed by atoms with E-state index in [1.165, 1.54) is 17.7 Å². The molecule has 0 saturated heterocycles. The molecule has 1 aromatic carbocycles.